The van der Waals surface area contributed by atoms with Crippen molar-refractivity contribution in [2.75, 3.05) is 6.61 Å². The van der Waals surface area contributed by atoms with Crippen molar-refractivity contribution in [3.8, 4) is 0 Å². The van der Waals surface area contributed by atoms with Gasteiger partial charge in [-0.05, 0) is 111 Å². The molecule has 5 heteroatoms. The number of carbonyl (C=O) groups excluding carboxylic acids is 3. The predicted octanol–water partition coefficient (Wildman–Crippen LogP) is 6.29. The molecule has 4 aliphatic carbocycles. The number of ether oxygens (including phenoxy) is 2. The summed E-state index contributed by atoms with van der Waals surface area (Å²) in [7, 11) is 0. The maximum atomic E-state index is 14.1. The number of carbonyl (C=O) groups is 3. The third kappa shape index (κ3) is 4.50. The Labute approximate surface area is 211 Å². The average molecular weight is 487 g/mol. The van der Waals surface area contributed by atoms with Crippen LogP contribution in [0.3, 0.4) is 0 Å². The van der Waals surface area contributed by atoms with E-state index in [9.17, 15) is 14.4 Å². The van der Waals surface area contributed by atoms with Crippen molar-refractivity contribution in [2.45, 2.75) is 105 Å². The summed E-state index contributed by atoms with van der Waals surface area (Å²) in [5, 5.41) is 0. The average Bonchev–Trinajstić information content (AvgIpc) is 3.16. The summed E-state index contributed by atoms with van der Waals surface area (Å²) in [5.74, 6) is 2.19. The number of hydrogen-bond donors (Lipinski definition) is 0. The van der Waals surface area contributed by atoms with Gasteiger partial charge in [-0.2, -0.15) is 0 Å². The van der Waals surface area contributed by atoms with Gasteiger partial charge in [0.25, 0.3) is 0 Å². The highest BCUT2D eigenvalue weighted by Gasteiger charge is 2.64. The minimum Gasteiger partial charge on any atom is -0.466 e. The lowest BCUT2D eigenvalue weighted by molar-refractivity contribution is -0.160. The molecule has 196 valence electrons. The first kappa shape index (κ1) is 26.4. The van der Waals surface area contributed by atoms with Gasteiger partial charge < -0.3 is 9.47 Å². The van der Waals surface area contributed by atoms with Crippen LogP contribution in [0.1, 0.15) is 99.3 Å². The van der Waals surface area contributed by atoms with Crippen LogP contribution in [-0.4, -0.2) is 30.4 Å². The molecule has 4 saturated carbocycles. The minimum absolute atomic E-state index is 0.0742. The molecular formula is C30H46O5. The van der Waals surface area contributed by atoms with Crippen molar-refractivity contribution in [2.24, 2.45) is 46.3 Å². The molecule has 0 aromatic heterocycles. The van der Waals surface area contributed by atoms with E-state index in [1.54, 1.807) is 0 Å². The van der Waals surface area contributed by atoms with Crippen LogP contribution in [0.5, 0.6) is 0 Å². The molecule has 5 nitrogen and oxygen atoms in total. The van der Waals surface area contributed by atoms with Gasteiger partial charge >= 0.3 is 11.9 Å². The predicted molar refractivity (Wildman–Crippen MR) is 135 cm³/mol. The van der Waals surface area contributed by atoms with Crippen molar-refractivity contribution in [1.29, 1.82) is 0 Å². The number of ketones is 1. The zero-order valence-electron chi connectivity index (χ0n) is 22.7. The summed E-state index contributed by atoms with van der Waals surface area (Å²) >= 11 is 0. The standard InChI is InChI=1S/C30H46O5/c1-7-21-25-17-20(35-19(4)31)13-15-30(25,6)24-14-16-29(5)22(10-11-23(29)27(24)28(21)33)18(3)9-12-26(32)34-8-2/h7,18,20,22-25,27H,8-17H2,1-6H3/b21-7-/t18-,20-,22?,23?,24?,25?,27?,29-,30-/m1/s1. The lowest BCUT2D eigenvalue weighted by atomic mass is 9.43. The highest BCUT2D eigenvalue weighted by molar-refractivity contribution is 5.99. The fourth-order valence-electron chi connectivity index (χ4n) is 9.27. The molecule has 35 heavy (non-hydrogen) atoms. The summed E-state index contributed by atoms with van der Waals surface area (Å²) in [4.78, 5) is 37.7. The molecule has 0 radical (unpaired) electrons. The van der Waals surface area contributed by atoms with Gasteiger partial charge in [-0.25, -0.2) is 0 Å². The van der Waals surface area contributed by atoms with Crippen LogP contribution < -0.4 is 0 Å². The highest BCUT2D eigenvalue weighted by atomic mass is 16.5. The number of Topliss-reactive ketones (excluding diaryl/α,β-unsaturated/α-hetero) is 1. The van der Waals surface area contributed by atoms with Gasteiger partial charge in [0, 0.05) is 19.3 Å². The van der Waals surface area contributed by atoms with Gasteiger partial charge in [0.15, 0.2) is 5.78 Å². The quantitative estimate of drug-likeness (QED) is 0.326. The van der Waals surface area contributed by atoms with Crippen molar-refractivity contribution >= 4 is 17.7 Å². The monoisotopic (exact) mass is 486 g/mol. The van der Waals surface area contributed by atoms with E-state index in [1.165, 1.54) is 13.3 Å². The summed E-state index contributed by atoms with van der Waals surface area (Å²) in [6.45, 7) is 13.0. The Hall–Kier alpha value is -1.65. The molecule has 4 rings (SSSR count). The molecule has 0 aromatic carbocycles. The molecule has 0 amide bonds. The number of allylic oxidation sites excluding steroid dienone is 2. The Balaban J connectivity index is 1.56. The SMILES string of the molecule is C/C=C1\C(=O)C2C(CC[C@@]3(C)C2CCC3[C@H](C)CCC(=O)OCC)[C@@]2(C)CC[C@@H](OC(C)=O)CC12. The molecular weight excluding hydrogens is 440 g/mol. The van der Waals surface area contributed by atoms with Gasteiger partial charge in [0.2, 0.25) is 0 Å². The maximum absolute atomic E-state index is 14.1. The fraction of sp³-hybridized carbons (Fsp3) is 0.833. The Morgan fingerprint density at radius 3 is 2.43 bits per heavy atom. The van der Waals surface area contributed by atoms with Crippen LogP contribution in [0.2, 0.25) is 0 Å². The second kappa shape index (κ2) is 10.0. The summed E-state index contributed by atoms with van der Waals surface area (Å²) in [6.07, 6.45) is 10.6. The maximum Gasteiger partial charge on any atom is 0.305 e. The molecule has 0 aromatic rings. The van der Waals surface area contributed by atoms with Gasteiger partial charge in [0.1, 0.15) is 6.10 Å². The first-order valence-corrected chi connectivity index (χ1v) is 14.1. The third-order valence-corrected chi connectivity index (χ3v) is 10.9. The second-order valence-corrected chi connectivity index (χ2v) is 12.5. The Morgan fingerprint density at radius 1 is 1.09 bits per heavy atom. The van der Waals surface area contributed by atoms with Crippen LogP contribution in [-0.2, 0) is 23.9 Å². The van der Waals surface area contributed by atoms with Crippen molar-refractivity contribution in [1.82, 2.24) is 0 Å². The van der Waals surface area contributed by atoms with Crippen molar-refractivity contribution < 1.29 is 23.9 Å². The van der Waals surface area contributed by atoms with E-state index >= 15 is 0 Å². The van der Waals surface area contributed by atoms with Crippen molar-refractivity contribution in [3.05, 3.63) is 11.6 Å². The van der Waals surface area contributed by atoms with Gasteiger partial charge in [0.05, 0.1) is 6.61 Å². The molecule has 0 N–H and O–H groups in total. The first-order chi connectivity index (χ1) is 16.6. The van der Waals surface area contributed by atoms with Gasteiger partial charge in [-0.1, -0.05) is 26.8 Å². The fourth-order valence-corrected chi connectivity index (χ4v) is 9.27. The molecule has 9 atom stereocenters. The molecule has 0 bridgehead atoms. The topological polar surface area (TPSA) is 69.7 Å². The normalized spacial score (nSPS) is 42.6. The van der Waals surface area contributed by atoms with E-state index in [0.29, 0.717) is 42.5 Å². The summed E-state index contributed by atoms with van der Waals surface area (Å²) < 4.78 is 10.8. The Kier molecular flexibility index (Phi) is 7.56. The third-order valence-electron chi connectivity index (χ3n) is 10.9. The number of fused-ring (bicyclic) bond motifs is 5. The van der Waals surface area contributed by atoms with E-state index in [4.69, 9.17) is 9.47 Å². The molecule has 0 spiro atoms. The largest absolute Gasteiger partial charge is 0.466 e. The van der Waals surface area contributed by atoms with E-state index in [1.807, 2.05) is 13.8 Å². The zero-order chi connectivity index (χ0) is 25.5. The van der Waals surface area contributed by atoms with Crippen LogP contribution in [0.4, 0.5) is 0 Å². The minimum atomic E-state index is -0.219. The second-order valence-electron chi connectivity index (χ2n) is 12.5. The summed E-state index contributed by atoms with van der Waals surface area (Å²) in [6, 6.07) is 0. The molecule has 0 heterocycles. The molecule has 5 unspecified atom stereocenters. The number of rotatable bonds is 6. The van der Waals surface area contributed by atoms with Crippen LogP contribution in [0, 0.1) is 46.3 Å². The summed E-state index contributed by atoms with van der Waals surface area (Å²) in [5.41, 5.74) is 1.24. The molecule has 0 aliphatic heterocycles. The first-order valence-electron chi connectivity index (χ1n) is 14.1. The highest BCUT2D eigenvalue weighted by Crippen LogP contribution is 2.68. The lowest BCUT2D eigenvalue weighted by Crippen LogP contribution is -2.58. The van der Waals surface area contributed by atoms with Crippen LogP contribution >= 0.6 is 0 Å². The molecule has 0 saturated heterocycles. The van der Waals surface area contributed by atoms with Gasteiger partial charge in [-0.15, -0.1) is 0 Å². The van der Waals surface area contributed by atoms with E-state index in [0.717, 1.165) is 50.5 Å². The van der Waals surface area contributed by atoms with E-state index in [2.05, 4.69) is 26.8 Å². The Bertz CT molecular complexity index is 876. The van der Waals surface area contributed by atoms with Crippen LogP contribution in [0.15, 0.2) is 11.6 Å². The molecule has 4 fully saturated rings. The van der Waals surface area contributed by atoms with E-state index in [-0.39, 0.29) is 40.7 Å². The van der Waals surface area contributed by atoms with Gasteiger partial charge in [-0.3, -0.25) is 14.4 Å². The van der Waals surface area contributed by atoms with E-state index < -0.39 is 0 Å². The Morgan fingerprint density at radius 2 is 1.77 bits per heavy atom. The number of esters is 2. The smallest absolute Gasteiger partial charge is 0.305 e. The zero-order valence-corrected chi connectivity index (χ0v) is 22.7. The van der Waals surface area contributed by atoms with Crippen molar-refractivity contribution in [3.63, 3.8) is 0 Å². The number of hydrogen-bond acceptors (Lipinski definition) is 5. The molecule has 4 aliphatic rings. The van der Waals surface area contributed by atoms with Crippen LogP contribution in [0.25, 0.3) is 0 Å². The lowest BCUT2D eigenvalue weighted by Gasteiger charge is -2.61.